The van der Waals surface area contributed by atoms with E-state index >= 15 is 0 Å². The summed E-state index contributed by atoms with van der Waals surface area (Å²) in [7, 11) is -1.81. The zero-order valence-electron chi connectivity index (χ0n) is 22.6. The van der Waals surface area contributed by atoms with Gasteiger partial charge in [-0.05, 0) is 54.8 Å². The predicted octanol–water partition coefficient (Wildman–Crippen LogP) is 6.68. The number of esters is 1. The molecule has 0 aliphatic heterocycles. The molecule has 0 saturated heterocycles. The summed E-state index contributed by atoms with van der Waals surface area (Å²) in [5, 5.41) is 3.39. The van der Waals surface area contributed by atoms with E-state index in [1.807, 2.05) is 79.7 Å². The standard InChI is InChI=1S/C32H31F3N2O3S/c1-3-40-31(38)30(36-28(23-10-6-4-7-11-23)24-12-8-5-9-13-24)29(25-16-18-26(19-17-25)32(33,34)35)37-41(39)27-20-14-22(2)15-21-27/h4-21,28-30,36-37H,3H2,1-2H3/t29-,30-,41?/m0/s1. The SMILES string of the molecule is CCOC(=O)[C@@H](NC(c1ccccc1)c1ccccc1)[C@@H](NS(=O)c1ccc(C)cc1)c1ccc(C(F)(F)F)cc1. The minimum absolute atomic E-state index is 0.0825. The quantitative estimate of drug-likeness (QED) is 0.194. The van der Waals surface area contributed by atoms with Crippen molar-refractivity contribution >= 4 is 17.0 Å². The minimum atomic E-state index is -4.53. The highest BCUT2D eigenvalue weighted by atomic mass is 32.2. The van der Waals surface area contributed by atoms with E-state index in [-0.39, 0.29) is 6.61 Å². The number of hydrogen-bond donors (Lipinski definition) is 2. The van der Waals surface area contributed by atoms with Gasteiger partial charge >= 0.3 is 12.1 Å². The van der Waals surface area contributed by atoms with E-state index in [2.05, 4.69) is 10.0 Å². The Bertz CT molecular complexity index is 1390. The highest BCUT2D eigenvalue weighted by Gasteiger charge is 2.36. The second kappa shape index (κ2) is 13.7. The van der Waals surface area contributed by atoms with Gasteiger partial charge in [-0.15, -0.1) is 0 Å². The lowest BCUT2D eigenvalue weighted by molar-refractivity contribution is -0.146. The molecule has 1 unspecified atom stereocenters. The smallest absolute Gasteiger partial charge is 0.416 e. The van der Waals surface area contributed by atoms with E-state index in [1.165, 1.54) is 12.1 Å². The van der Waals surface area contributed by atoms with Crippen molar-refractivity contribution in [3.63, 3.8) is 0 Å². The number of carbonyl (C=O) groups excluding carboxylic acids is 1. The summed E-state index contributed by atoms with van der Waals surface area (Å²) in [6.07, 6.45) is -4.53. The second-order valence-electron chi connectivity index (χ2n) is 9.45. The van der Waals surface area contributed by atoms with E-state index in [9.17, 15) is 22.2 Å². The van der Waals surface area contributed by atoms with Gasteiger partial charge in [0.25, 0.3) is 0 Å². The number of halogens is 3. The predicted molar refractivity (Wildman–Crippen MR) is 153 cm³/mol. The van der Waals surface area contributed by atoms with Gasteiger partial charge in [0.1, 0.15) is 17.0 Å². The fraction of sp³-hybridized carbons (Fsp3) is 0.219. The van der Waals surface area contributed by atoms with Gasteiger partial charge in [0, 0.05) is 0 Å². The van der Waals surface area contributed by atoms with Crippen molar-refractivity contribution < 1.29 is 26.9 Å². The number of nitrogens with one attached hydrogen (secondary N) is 2. The lowest BCUT2D eigenvalue weighted by Gasteiger charge is -2.32. The minimum Gasteiger partial charge on any atom is -0.465 e. The van der Waals surface area contributed by atoms with Crippen molar-refractivity contribution in [3.05, 3.63) is 137 Å². The van der Waals surface area contributed by atoms with Gasteiger partial charge < -0.3 is 4.74 Å². The largest absolute Gasteiger partial charge is 0.465 e. The van der Waals surface area contributed by atoms with Crippen LogP contribution in [0.3, 0.4) is 0 Å². The monoisotopic (exact) mass is 580 g/mol. The van der Waals surface area contributed by atoms with Crippen molar-refractivity contribution in [2.24, 2.45) is 0 Å². The summed E-state index contributed by atoms with van der Waals surface area (Å²) in [5.74, 6) is -0.636. The van der Waals surface area contributed by atoms with E-state index < -0.39 is 46.8 Å². The fourth-order valence-electron chi connectivity index (χ4n) is 4.44. The molecule has 0 aliphatic rings. The molecule has 41 heavy (non-hydrogen) atoms. The summed E-state index contributed by atoms with van der Waals surface area (Å²) in [5.41, 5.74) is 2.21. The van der Waals surface area contributed by atoms with Gasteiger partial charge in [-0.1, -0.05) is 90.5 Å². The van der Waals surface area contributed by atoms with E-state index in [4.69, 9.17) is 4.74 Å². The van der Waals surface area contributed by atoms with Crippen molar-refractivity contribution in [1.29, 1.82) is 0 Å². The molecule has 0 heterocycles. The van der Waals surface area contributed by atoms with Crippen LogP contribution in [0.25, 0.3) is 0 Å². The van der Waals surface area contributed by atoms with Crippen LogP contribution < -0.4 is 10.0 Å². The number of aryl methyl sites for hydroxylation is 1. The van der Waals surface area contributed by atoms with Crippen molar-refractivity contribution in [3.8, 4) is 0 Å². The third-order valence-electron chi connectivity index (χ3n) is 6.55. The lowest BCUT2D eigenvalue weighted by Crippen LogP contribution is -2.49. The third-order valence-corrected chi connectivity index (χ3v) is 7.72. The number of carbonyl (C=O) groups is 1. The molecule has 0 amide bonds. The van der Waals surface area contributed by atoms with Gasteiger partial charge in [0.2, 0.25) is 0 Å². The van der Waals surface area contributed by atoms with Crippen molar-refractivity contribution in [2.45, 2.75) is 43.0 Å². The zero-order valence-corrected chi connectivity index (χ0v) is 23.4. The molecule has 0 bridgehead atoms. The van der Waals surface area contributed by atoms with E-state index in [1.54, 1.807) is 19.1 Å². The maximum Gasteiger partial charge on any atom is 0.416 e. The zero-order chi connectivity index (χ0) is 29.4. The number of benzene rings is 4. The van der Waals surface area contributed by atoms with E-state index in [0.717, 1.165) is 28.8 Å². The molecule has 4 aromatic rings. The van der Waals surface area contributed by atoms with Crippen LogP contribution in [0.2, 0.25) is 0 Å². The molecule has 4 aromatic carbocycles. The molecular formula is C32H31F3N2O3S. The molecule has 0 saturated carbocycles. The Labute approximate surface area is 240 Å². The summed E-state index contributed by atoms with van der Waals surface area (Å²) in [4.78, 5) is 14.0. The molecule has 0 radical (unpaired) electrons. The molecule has 4 rings (SSSR count). The molecule has 9 heteroatoms. The van der Waals surface area contributed by atoms with Gasteiger partial charge in [-0.2, -0.15) is 13.2 Å². The Balaban J connectivity index is 1.80. The maximum atomic E-state index is 13.5. The van der Waals surface area contributed by atoms with Crippen LogP contribution in [0.15, 0.2) is 114 Å². The molecule has 0 aromatic heterocycles. The molecule has 0 aliphatic carbocycles. The van der Waals surface area contributed by atoms with Crippen molar-refractivity contribution in [2.75, 3.05) is 6.61 Å². The molecule has 0 fully saturated rings. The Kier molecular flexibility index (Phi) is 10.1. The second-order valence-corrected chi connectivity index (χ2v) is 10.7. The van der Waals surface area contributed by atoms with Crippen LogP contribution in [-0.2, 0) is 26.7 Å². The Morgan fingerprint density at radius 3 is 1.83 bits per heavy atom. The van der Waals surface area contributed by atoms with Gasteiger partial charge in [0.15, 0.2) is 0 Å². The number of alkyl halides is 3. The molecule has 0 spiro atoms. The van der Waals surface area contributed by atoms with Crippen LogP contribution in [0.4, 0.5) is 13.2 Å². The average Bonchev–Trinajstić information content (AvgIpc) is 2.98. The fourth-order valence-corrected chi connectivity index (χ4v) is 5.46. The normalized spacial score (nSPS) is 13.9. The highest BCUT2D eigenvalue weighted by molar-refractivity contribution is 7.83. The van der Waals surface area contributed by atoms with Crippen molar-refractivity contribution in [1.82, 2.24) is 10.0 Å². The summed E-state index contributed by atoms with van der Waals surface area (Å²) in [6, 6.07) is 27.8. The number of ether oxygens (including phenoxy) is 1. The first kappa shape index (κ1) is 30.2. The molecular weight excluding hydrogens is 549 g/mol. The lowest BCUT2D eigenvalue weighted by atomic mass is 9.94. The van der Waals surface area contributed by atoms with Gasteiger partial charge in [-0.3, -0.25) is 10.1 Å². The van der Waals surface area contributed by atoms with Gasteiger partial charge in [0.05, 0.1) is 29.1 Å². The number of hydrogen-bond acceptors (Lipinski definition) is 4. The van der Waals surface area contributed by atoms with Crippen LogP contribution in [0.1, 0.15) is 46.8 Å². The maximum absolute atomic E-state index is 13.5. The topological polar surface area (TPSA) is 67.4 Å². The Morgan fingerprint density at radius 2 is 1.34 bits per heavy atom. The summed E-state index contributed by atoms with van der Waals surface area (Å²) < 4.78 is 62.1. The van der Waals surface area contributed by atoms with E-state index in [0.29, 0.717) is 10.5 Å². The summed E-state index contributed by atoms with van der Waals surface area (Å²) in [6.45, 7) is 3.66. The van der Waals surface area contributed by atoms with Gasteiger partial charge in [-0.25, -0.2) is 8.93 Å². The highest BCUT2D eigenvalue weighted by Crippen LogP contribution is 2.32. The molecule has 3 atom stereocenters. The van der Waals surface area contributed by atoms with Crippen LogP contribution in [0.5, 0.6) is 0 Å². The summed E-state index contributed by atoms with van der Waals surface area (Å²) >= 11 is 0. The molecule has 214 valence electrons. The number of rotatable bonds is 11. The van der Waals surface area contributed by atoms with Crippen LogP contribution in [0, 0.1) is 6.92 Å². The average molecular weight is 581 g/mol. The van der Waals surface area contributed by atoms with Crippen LogP contribution >= 0.6 is 0 Å². The first-order valence-corrected chi connectivity index (χ1v) is 14.3. The van der Waals surface area contributed by atoms with Crippen LogP contribution in [-0.4, -0.2) is 22.8 Å². The molecule has 5 nitrogen and oxygen atoms in total. The Hall–Kier alpha value is -3.79. The third kappa shape index (κ3) is 7.91. The first-order valence-electron chi connectivity index (χ1n) is 13.1. The first-order chi connectivity index (χ1) is 19.7. The Morgan fingerprint density at radius 1 is 0.805 bits per heavy atom. The molecule has 2 N–H and O–H groups in total.